The maximum absolute atomic E-state index is 8.79. The summed E-state index contributed by atoms with van der Waals surface area (Å²) in [4.78, 5) is 4.48. The zero-order valence-electron chi connectivity index (χ0n) is 12.0. The van der Waals surface area contributed by atoms with Crippen LogP contribution < -0.4 is 0 Å². The fraction of sp³-hybridized carbons (Fsp3) is 0.438. The van der Waals surface area contributed by atoms with Crippen LogP contribution in [0.25, 0.3) is 0 Å². The van der Waals surface area contributed by atoms with E-state index < -0.39 is 5.60 Å². The molecule has 1 aliphatic heterocycles. The molecule has 1 atom stereocenters. The summed E-state index contributed by atoms with van der Waals surface area (Å²) in [5.41, 5.74) is 1.26. The second-order valence-electron chi connectivity index (χ2n) is 5.53. The molecule has 0 aliphatic carbocycles. The first-order chi connectivity index (χ1) is 10.2. The molecule has 21 heavy (non-hydrogen) atoms. The van der Waals surface area contributed by atoms with Gasteiger partial charge >= 0.3 is 0 Å². The van der Waals surface area contributed by atoms with Gasteiger partial charge in [0, 0.05) is 6.61 Å². The highest BCUT2D eigenvalue weighted by Crippen LogP contribution is 2.32. The van der Waals surface area contributed by atoms with Gasteiger partial charge in [-0.05, 0) is 43.9 Å². The molecule has 1 unspecified atom stereocenters. The van der Waals surface area contributed by atoms with Crippen LogP contribution in [0, 0.1) is 11.3 Å². The van der Waals surface area contributed by atoms with E-state index in [1.165, 1.54) is 0 Å². The van der Waals surface area contributed by atoms with E-state index in [0.29, 0.717) is 23.7 Å². The molecular weight excluding hydrogens is 266 g/mol. The number of benzene rings is 1. The van der Waals surface area contributed by atoms with Crippen LogP contribution in [0.5, 0.6) is 0 Å². The molecular formula is C16H17N3O2. The van der Waals surface area contributed by atoms with Gasteiger partial charge in [-0.1, -0.05) is 17.3 Å². The summed E-state index contributed by atoms with van der Waals surface area (Å²) in [6, 6.07) is 9.49. The van der Waals surface area contributed by atoms with Crippen LogP contribution in [-0.2, 0) is 16.8 Å². The first kappa shape index (κ1) is 13.8. The molecule has 1 saturated heterocycles. The van der Waals surface area contributed by atoms with Gasteiger partial charge in [-0.2, -0.15) is 10.2 Å². The molecule has 0 spiro atoms. The summed E-state index contributed by atoms with van der Waals surface area (Å²) in [6.07, 6.45) is 3.69. The van der Waals surface area contributed by atoms with Gasteiger partial charge < -0.3 is 9.26 Å². The van der Waals surface area contributed by atoms with Crippen LogP contribution >= 0.6 is 0 Å². The number of rotatable bonds is 3. The highest BCUT2D eigenvalue weighted by Gasteiger charge is 2.34. The Morgan fingerprint density at radius 1 is 1.29 bits per heavy atom. The van der Waals surface area contributed by atoms with Crippen molar-refractivity contribution in [2.45, 2.75) is 38.2 Å². The van der Waals surface area contributed by atoms with Crippen molar-refractivity contribution in [3.8, 4) is 6.07 Å². The third kappa shape index (κ3) is 2.96. The van der Waals surface area contributed by atoms with E-state index in [2.05, 4.69) is 16.2 Å². The summed E-state index contributed by atoms with van der Waals surface area (Å²) in [5.74, 6) is 1.20. The first-order valence-electron chi connectivity index (χ1n) is 7.16. The Kier molecular flexibility index (Phi) is 3.72. The molecule has 1 fully saturated rings. The van der Waals surface area contributed by atoms with E-state index in [-0.39, 0.29) is 0 Å². The van der Waals surface area contributed by atoms with E-state index in [9.17, 15) is 0 Å². The standard InChI is InChI=1S/C16H17N3O2/c1-16(8-2-3-9-20-16)15-18-14(21-19-15)10-12-4-6-13(11-17)7-5-12/h4-7H,2-3,8-10H2,1H3. The lowest BCUT2D eigenvalue weighted by molar-refractivity contribution is -0.0770. The Morgan fingerprint density at radius 3 is 2.76 bits per heavy atom. The predicted molar refractivity (Wildman–Crippen MR) is 75.4 cm³/mol. The summed E-state index contributed by atoms with van der Waals surface area (Å²) >= 11 is 0. The highest BCUT2D eigenvalue weighted by molar-refractivity contribution is 5.32. The summed E-state index contributed by atoms with van der Waals surface area (Å²) in [6.45, 7) is 2.76. The number of ether oxygens (including phenoxy) is 1. The molecule has 1 aromatic carbocycles. The van der Waals surface area contributed by atoms with Crippen molar-refractivity contribution >= 4 is 0 Å². The lowest BCUT2D eigenvalue weighted by atomic mass is 9.95. The predicted octanol–water partition coefficient (Wildman–Crippen LogP) is 2.95. The molecule has 0 bridgehead atoms. The maximum Gasteiger partial charge on any atom is 0.231 e. The second-order valence-corrected chi connectivity index (χ2v) is 5.53. The van der Waals surface area contributed by atoms with Crippen molar-refractivity contribution in [1.82, 2.24) is 10.1 Å². The van der Waals surface area contributed by atoms with Gasteiger partial charge in [-0.25, -0.2) is 0 Å². The quantitative estimate of drug-likeness (QED) is 0.866. The first-order valence-corrected chi connectivity index (χ1v) is 7.16. The Morgan fingerprint density at radius 2 is 2.10 bits per heavy atom. The van der Waals surface area contributed by atoms with E-state index in [0.717, 1.165) is 31.4 Å². The van der Waals surface area contributed by atoms with Crippen LogP contribution in [0.15, 0.2) is 28.8 Å². The number of nitriles is 1. The van der Waals surface area contributed by atoms with Gasteiger partial charge in [-0.3, -0.25) is 0 Å². The summed E-state index contributed by atoms with van der Waals surface area (Å²) in [5, 5.41) is 12.9. The van der Waals surface area contributed by atoms with Crippen molar-refractivity contribution < 1.29 is 9.26 Å². The van der Waals surface area contributed by atoms with Crippen molar-refractivity contribution in [2.24, 2.45) is 0 Å². The minimum absolute atomic E-state index is 0.426. The molecule has 3 rings (SSSR count). The Labute approximate surface area is 123 Å². The zero-order chi connectivity index (χ0) is 14.7. The average Bonchev–Trinajstić information content (AvgIpc) is 2.98. The smallest absolute Gasteiger partial charge is 0.231 e. The van der Waals surface area contributed by atoms with E-state index in [4.69, 9.17) is 14.5 Å². The third-order valence-electron chi connectivity index (χ3n) is 3.85. The van der Waals surface area contributed by atoms with Crippen LogP contribution in [0.4, 0.5) is 0 Å². The molecule has 108 valence electrons. The molecule has 2 aromatic rings. The second kappa shape index (κ2) is 5.66. The number of aromatic nitrogens is 2. The molecule has 0 saturated carbocycles. The molecule has 0 radical (unpaired) electrons. The molecule has 2 heterocycles. The largest absolute Gasteiger partial charge is 0.367 e. The third-order valence-corrected chi connectivity index (χ3v) is 3.85. The van der Waals surface area contributed by atoms with Crippen molar-refractivity contribution in [2.75, 3.05) is 6.61 Å². The topological polar surface area (TPSA) is 71.9 Å². The van der Waals surface area contributed by atoms with Gasteiger partial charge in [0.15, 0.2) is 0 Å². The minimum Gasteiger partial charge on any atom is -0.367 e. The van der Waals surface area contributed by atoms with Gasteiger partial charge in [0.1, 0.15) is 5.60 Å². The van der Waals surface area contributed by atoms with Crippen LogP contribution in [0.3, 0.4) is 0 Å². The van der Waals surface area contributed by atoms with Gasteiger partial charge in [0.05, 0.1) is 18.1 Å². The zero-order valence-corrected chi connectivity index (χ0v) is 12.0. The Balaban J connectivity index is 1.74. The molecule has 1 aromatic heterocycles. The SMILES string of the molecule is CC1(c2noc(Cc3ccc(C#N)cc3)n2)CCCCO1. The summed E-state index contributed by atoms with van der Waals surface area (Å²) in [7, 11) is 0. The monoisotopic (exact) mass is 283 g/mol. The van der Waals surface area contributed by atoms with Crippen molar-refractivity contribution in [3.05, 3.63) is 47.1 Å². The molecule has 0 amide bonds. The molecule has 5 heteroatoms. The number of hydrogen-bond donors (Lipinski definition) is 0. The normalized spacial score (nSPS) is 21.9. The van der Waals surface area contributed by atoms with Gasteiger partial charge in [0.25, 0.3) is 0 Å². The van der Waals surface area contributed by atoms with Crippen LogP contribution in [0.1, 0.15) is 49.0 Å². The maximum atomic E-state index is 8.79. The summed E-state index contributed by atoms with van der Waals surface area (Å²) < 4.78 is 11.2. The number of nitrogens with zero attached hydrogens (tertiary/aromatic N) is 3. The minimum atomic E-state index is -0.426. The number of hydrogen-bond acceptors (Lipinski definition) is 5. The molecule has 0 N–H and O–H groups in total. The van der Waals surface area contributed by atoms with Gasteiger partial charge in [0.2, 0.25) is 11.7 Å². The molecule has 5 nitrogen and oxygen atoms in total. The van der Waals surface area contributed by atoms with Crippen molar-refractivity contribution in [1.29, 1.82) is 5.26 Å². The average molecular weight is 283 g/mol. The fourth-order valence-electron chi connectivity index (χ4n) is 2.52. The van der Waals surface area contributed by atoms with E-state index in [1.54, 1.807) is 12.1 Å². The Bertz CT molecular complexity index is 649. The lowest BCUT2D eigenvalue weighted by Gasteiger charge is -2.30. The lowest BCUT2D eigenvalue weighted by Crippen LogP contribution is -2.31. The Hall–Kier alpha value is -2.19. The van der Waals surface area contributed by atoms with Crippen molar-refractivity contribution in [3.63, 3.8) is 0 Å². The van der Waals surface area contributed by atoms with Gasteiger partial charge in [-0.15, -0.1) is 0 Å². The van der Waals surface area contributed by atoms with E-state index >= 15 is 0 Å². The molecule has 1 aliphatic rings. The van der Waals surface area contributed by atoms with Crippen LogP contribution in [0.2, 0.25) is 0 Å². The van der Waals surface area contributed by atoms with E-state index in [1.807, 2.05) is 19.1 Å². The highest BCUT2D eigenvalue weighted by atomic mass is 16.5. The van der Waals surface area contributed by atoms with Crippen LogP contribution in [-0.4, -0.2) is 16.7 Å². The fourth-order valence-corrected chi connectivity index (χ4v) is 2.52.